The summed E-state index contributed by atoms with van der Waals surface area (Å²) in [7, 11) is 3.64. The summed E-state index contributed by atoms with van der Waals surface area (Å²) in [5.41, 5.74) is 1.78. The van der Waals surface area contributed by atoms with E-state index in [2.05, 4.69) is 9.97 Å². The third-order valence-electron chi connectivity index (χ3n) is 1.84. The number of nitrogens with zero attached hydrogens (tertiary/aromatic N) is 4. The summed E-state index contributed by atoms with van der Waals surface area (Å²) in [6.07, 6.45) is 3.28. The molecule has 90 valence electrons. The Bertz CT molecular complexity index is 481. The first-order valence-corrected chi connectivity index (χ1v) is 5.57. The van der Waals surface area contributed by atoms with Gasteiger partial charge in [-0.3, -0.25) is 5.41 Å². The zero-order chi connectivity index (χ0) is 12.7. The predicted octanol–water partition coefficient (Wildman–Crippen LogP) is 1.84. The van der Waals surface area contributed by atoms with Gasteiger partial charge >= 0.3 is 0 Å². The number of imidazole rings is 1. The summed E-state index contributed by atoms with van der Waals surface area (Å²) < 4.78 is 3.43. The van der Waals surface area contributed by atoms with Crippen molar-refractivity contribution in [2.24, 2.45) is 14.1 Å². The van der Waals surface area contributed by atoms with E-state index in [1.807, 2.05) is 34.7 Å². The molecular weight excluding hydrogens is 202 g/mol. The fourth-order valence-corrected chi connectivity index (χ4v) is 1.11. The van der Waals surface area contributed by atoms with Crippen LogP contribution in [0.5, 0.6) is 0 Å². The normalized spacial score (nSPS) is 8.88. The van der Waals surface area contributed by atoms with Gasteiger partial charge in [-0.2, -0.15) is 0 Å². The van der Waals surface area contributed by atoms with Gasteiger partial charge < -0.3 is 9.13 Å². The van der Waals surface area contributed by atoms with E-state index in [1.54, 1.807) is 28.8 Å². The Balaban J connectivity index is 0.000000509. The Morgan fingerprint density at radius 3 is 2.00 bits per heavy atom. The van der Waals surface area contributed by atoms with Crippen LogP contribution in [0.15, 0.2) is 12.7 Å². The molecule has 5 heteroatoms. The Morgan fingerprint density at radius 1 is 0.938 bits per heavy atom. The van der Waals surface area contributed by atoms with Crippen molar-refractivity contribution in [3.8, 4) is 0 Å². The Morgan fingerprint density at radius 2 is 1.44 bits per heavy atom. The van der Waals surface area contributed by atoms with Gasteiger partial charge in [-0.05, 0) is 0 Å². The van der Waals surface area contributed by atoms with Gasteiger partial charge in [-0.25, -0.2) is 9.97 Å². The van der Waals surface area contributed by atoms with E-state index in [1.165, 1.54) is 0 Å². The lowest BCUT2D eigenvalue weighted by molar-refractivity contribution is 0.797. The fraction of sp³-hybridized carbons (Fsp3) is 0.545. The van der Waals surface area contributed by atoms with Gasteiger partial charge in [0.05, 0.1) is 12.7 Å². The van der Waals surface area contributed by atoms with Gasteiger partial charge in [-0.15, -0.1) is 0 Å². The number of hydrogen-bond donors (Lipinski definition) is 1. The second kappa shape index (κ2) is 6.76. The first-order chi connectivity index (χ1) is 7.70. The predicted molar refractivity (Wildman–Crippen MR) is 66.0 cm³/mol. The molecule has 2 rings (SSSR count). The smallest absolute Gasteiger partial charge is 0.165 e. The maximum absolute atomic E-state index is 7.65. The van der Waals surface area contributed by atoms with Crippen molar-refractivity contribution < 1.29 is 0 Å². The van der Waals surface area contributed by atoms with Gasteiger partial charge in [0.1, 0.15) is 5.52 Å². The van der Waals surface area contributed by atoms with Gasteiger partial charge in [-0.1, -0.05) is 27.7 Å². The van der Waals surface area contributed by atoms with Crippen LogP contribution in [0, 0.1) is 5.41 Å². The van der Waals surface area contributed by atoms with Crippen molar-refractivity contribution in [2.45, 2.75) is 27.7 Å². The maximum atomic E-state index is 7.65. The van der Waals surface area contributed by atoms with Gasteiger partial charge in [0.15, 0.2) is 11.1 Å². The zero-order valence-corrected chi connectivity index (χ0v) is 10.9. The van der Waals surface area contributed by atoms with Crippen LogP contribution in [-0.2, 0) is 14.1 Å². The summed E-state index contributed by atoms with van der Waals surface area (Å²) in [5.74, 6) is 0. The highest BCUT2D eigenvalue weighted by Gasteiger charge is 2.02. The van der Waals surface area contributed by atoms with E-state index >= 15 is 0 Å². The van der Waals surface area contributed by atoms with E-state index in [0.717, 1.165) is 5.65 Å². The van der Waals surface area contributed by atoms with Crippen LogP contribution in [-0.4, -0.2) is 19.1 Å². The zero-order valence-electron chi connectivity index (χ0n) is 10.9. The van der Waals surface area contributed by atoms with Crippen molar-refractivity contribution in [2.75, 3.05) is 0 Å². The molecule has 0 aliphatic heterocycles. The molecule has 0 fully saturated rings. The average Bonchev–Trinajstić information content (AvgIpc) is 2.72. The molecule has 16 heavy (non-hydrogen) atoms. The largest absolute Gasteiger partial charge is 0.319 e. The Kier molecular flexibility index (Phi) is 6.07. The average molecular weight is 223 g/mol. The van der Waals surface area contributed by atoms with Crippen LogP contribution >= 0.6 is 0 Å². The molecule has 2 aromatic rings. The number of rotatable bonds is 0. The Hall–Kier alpha value is -1.65. The lowest BCUT2D eigenvalue weighted by Crippen LogP contribution is -2.17. The topological polar surface area (TPSA) is 59.5 Å². The molecule has 1 N–H and O–H groups in total. The Labute approximate surface area is 96.3 Å². The summed E-state index contributed by atoms with van der Waals surface area (Å²) in [4.78, 5) is 8.22. The monoisotopic (exact) mass is 223 g/mol. The summed E-state index contributed by atoms with van der Waals surface area (Å²) in [6.45, 7) is 8.00. The quantitative estimate of drug-likeness (QED) is 0.740. The van der Waals surface area contributed by atoms with E-state index in [-0.39, 0.29) is 0 Å². The lowest BCUT2D eigenvalue weighted by Gasteiger charge is -1.97. The summed E-state index contributed by atoms with van der Waals surface area (Å²) in [5, 5.41) is 7.65. The highest BCUT2D eigenvalue weighted by Crippen LogP contribution is 2.00. The molecular formula is C11H21N5. The number of fused-ring (bicyclic) bond motifs is 1. The molecule has 0 saturated heterocycles. The summed E-state index contributed by atoms with van der Waals surface area (Å²) >= 11 is 0. The number of aromatic nitrogens is 4. The van der Waals surface area contributed by atoms with Gasteiger partial charge in [0.2, 0.25) is 0 Å². The van der Waals surface area contributed by atoms with Gasteiger partial charge in [0.25, 0.3) is 0 Å². The molecule has 0 unspecified atom stereocenters. The fourth-order valence-electron chi connectivity index (χ4n) is 1.11. The van der Waals surface area contributed by atoms with E-state index in [4.69, 9.17) is 5.41 Å². The highest BCUT2D eigenvalue weighted by molar-refractivity contribution is 5.68. The number of hydrogen-bond acceptors (Lipinski definition) is 3. The van der Waals surface area contributed by atoms with Crippen LogP contribution in [0.2, 0.25) is 0 Å². The molecule has 2 heterocycles. The van der Waals surface area contributed by atoms with E-state index < -0.39 is 0 Å². The number of nitrogens with one attached hydrogen (secondary N) is 1. The van der Waals surface area contributed by atoms with Crippen LogP contribution in [0.25, 0.3) is 11.2 Å². The lowest BCUT2D eigenvalue weighted by atomic mass is 10.5. The second-order valence-electron chi connectivity index (χ2n) is 2.73. The molecule has 0 aliphatic carbocycles. The molecule has 0 amide bonds. The highest BCUT2D eigenvalue weighted by atomic mass is 15.1. The van der Waals surface area contributed by atoms with Crippen LogP contribution in [0.1, 0.15) is 27.7 Å². The molecule has 5 nitrogen and oxygen atoms in total. The minimum absolute atomic E-state index is 0.389. The second-order valence-corrected chi connectivity index (χ2v) is 2.73. The van der Waals surface area contributed by atoms with Crippen molar-refractivity contribution >= 4 is 11.2 Å². The molecule has 0 spiro atoms. The molecule has 0 bridgehead atoms. The molecule has 2 aromatic heterocycles. The number of aryl methyl sites for hydroxylation is 2. The van der Waals surface area contributed by atoms with Crippen molar-refractivity contribution in [1.82, 2.24) is 19.1 Å². The molecule has 0 saturated carbocycles. The SMILES string of the molecule is CC.CC.Cn1cnc2c(ncn2C)c1=N. The third kappa shape index (κ3) is 2.68. The first-order valence-electron chi connectivity index (χ1n) is 5.57. The minimum Gasteiger partial charge on any atom is -0.319 e. The van der Waals surface area contributed by atoms with Crippen molar-refractivity contribution in [3.05, 3.63) is 18.1 Å². The standard InChI is InChI=1S/C7H9N5.2C2H6/c1-11-4-10-7-5(6(11)8)9-3-12(7)2;2*1-2/h3-4,8H,1-2H3;2*1-2H3. The molecule has 0 radical (unpaired) electrons. The van der Waals surface area contributed by atoms with Gasteiger partial charge in [0, 0.05) is 14.1 Å². The van der Waals surface area contributed by atoms with Crippen molar-refractivity contribution in [1.29, 1.82) is 5.41 Å². The molecule has 0 aromatic carbocycles. The third-order valence-corrected chi connectivity index (χ3v) is 1.84. The van der Waals surface area contributed by atoms with E-state index in [0.29, 0.717) is 11.0 Å². The molecule has 0 atom stereocenters. The van der Waals surface area contributed by atoms with Crippen LogP contribution in [0.4, 0.5) is 0 Å². The van der Waals surface area contributed by atoms with Crippen LogP contribution in [0.3, 0.4) is 0 Å². The van der Waals surface area contributed by atoms with E-state index in [9.17, 15) is 0 Å². The van der Waals surface area contributed by atoms with Crippen LogP contribution < -0.4 is 5.49 Å². The maximum Gasteiger partial charge on any atom is 0.165 e. The first kappa shape index (κ1) is 14.3. The minimum atomic E-state index is 0.389. The molecule has 0 aliphatic rings. The summed E-state index contributed by atoms with van der Waals surface area (Å²) in [6, 6.07) is 0. The van der Waals surface area contributed by atoms with Crippen molar-refractivity contribution in [3.63, 3.8) is 0 Å².